The van der Waals surface area contributed by atoms with Gasteiger partial charge in [-0.2, -0.15) is 0 Å². The SMILES string of the molecule is CC(C)(O)COc1cc2nccc(Oc3ccc(NC(=O)c4cccn(-c5ccc(F)cc5)c4=O)c(Cl)c3)c2c2c1OCCO2.CCOc1ccn(-c2ccc(F)cc2)c(=O)c1C(=O)Nc1ccc(Oc2ccnc3cc(OCCCN4CCCCC4)c4c(c23)OCCO4)cc1Cl. The summed E-state index contributed by atoms with van der Waals surface area (Å²) in [6, 6.07) is 31.5. The van der Waals surface area contributed by atoms with Gasteiger partial charge < -0.3 is 63.3 Å². The van der Waals surface area contributed by atoms with Gasteiger partial charge in [-0.3, -0.25) is 38.3 Å². The van der Waals surface area contributed by atoms with E-state index in [1.54, 1.807) is 87.8 Å². The summed E-state index contributed by atoms with van der Waals surface area (Å²) in [7, 11) is 0. The number of fused-ring (bicyclic) bond motifs is 6. The minimum absolute atomic E-state index is 0.0283. The number of carbonyl (C=O) groups is 2. The topological polar surface area (TPSA) is 235 Å². The van der Waals surface area contributed by atoms with Crippen molar-refractivity contribution in [2.75, 3.05) is 76.5 Å². The van der Waals surface area contributed by atoms with E-state index >= 15 is 0 Å². The molecule has 97 heavy (non-hydrogen) atoms. The summed E-state index contributed by atoms with van der Waals surface area (Å²) in [5.74, 6) is 2.17. The lowest BCUT2D eigenvalue weighted by atomic mass is 10.1. The number of halogens is 4. The highest BCUT2D eigenvalue weighted by atomic mass is 35.5. The van der Waals surface area contributed by atoms with Crippen molar-refractivity contribution in [1.82, 2.24) is 24.0 Å². The van der Waals surface area contributed by atoms with Crippen LogP contribution < -0.4 is 64.4 Å². The monoisotopic (exact) mass is 1360 g/mol. The number of ether oxygens (including phenoxy) is 9. The third kappa shape index (κ3) is 15.5. The van der Waals surface area contributed by atoms with Crippen LogP contribution >= 0.6 is 23.2 Å². The summed E-state index contributed by atoms with van der Waals surface area (Å²) in [5.41, 5.74) is -0.209. The van der Waals surface area contributed by atoms with Gasteiger partial charge in [-0.25, -0.2) is 8.78 Å². The third-order valence-corrected chi connectivity index (χ3v) is 16.2. The van der Waals surface area contributed by atoms with Crippen LogP contribution in [0.5, 0.6) is 63.2 Å². The highest BCUT2D eigenvalue weighted by molar-refractivity contribution is 6.34. The molecule has 7 heterocycles. The van der Waals surface area contributed by atoms with Crippen LogP contribution in [-0.4, -0.2) is 112 Å². The van der Waals surface area contributed by atoms with Gasteiger partial charge in [0, 0.05) is 67.0 Å². The van der Waals surface area contributed by atoms with Crippen LogP contribution in [0.25, 0.3) is 33.2 Å². The summed E-state index contributed by atoms with van der Waals surface area (Å²) in [4.78, 5) is 64.7. The van der Waals surface area contributed by atoms with Gasteiger partial charge in [-0.1, -0.05) is 29.6 Å². The van der Waals surface area contributed by atoms with E-state index in [1.165, 1.54) is 108 Å². The fraction of sp³-hybridized carbons (Fsp3) is 0.250. The summed E-state index contributed by atoms with van der Waals surface area (Å²) >= 11 is 13.2. The van der Waals surface area contributed by atoms with E-state index in [2.05, 4.69) is 25.5 Å². The van der Waals surface area contributed by atoms with Gasteiger partial charge in [0.2, 0.25) is 11.5 Å². The van der Waals surface area contributed by atoms with Gasteiger partial charge in [0.1, 0.15) is 84.5 Å². The highest BCUT2D eigenvalue weighted by Crippen LogP contribution is 2.50. The Morgan fingerprint density at radius 1 is 0.588 bits per heavy atom. The van der Waals surface area contributed by atoms with Crippen molar-refractivity contribution in [2.45, 2.75) is 52.1 Å². The number of carbonyl (C=O) groups excluding carboxylic acids is 2. The molecule has 13 rings (SSSR count). The van der Waals surface area contributed by atoms with E-state index in [1.807, 2.05) is 6.07 Å². The number of anilines is 2. The second kappa shape index (κ2) is 29.7. The van der Waals surface area contributed by atoms with Gasteiger partial charge in [0.15, 0.2) is 23.0 Å². The largest absolute Gasteiger partial charge is 0.493 e. The number of piperidine rings is 1. The van der Waals surface area contributed by atoms with Crippen molar-refractivity contribution in [3.63, 3.8) is 0 Å². The molecule has 0 radical (unpaired) electrons. The maximum absolute atomic E-state index is 13.6. The standard InChI is InChI=1S/C39H38ClFN4O7.C33H27ClFN3O7/c1-2-48-31-14-19-45(26-9-7-25(41)8-10-26)39(47)35(31)38(46)43-29-12-11-27(23-28(29)40)52-32-13-15-42-30-24-33(36-37(34(30)32)51-22-21-50-36)49-20-6-18-44-16-4-3-5-17-44;1-33(2,41)18-44-27-17-25-28(30-29(27)42-14-15-43-30)26(11-12-36-25)45-21-9-10-24(23(34)16-21)37-31(39)22-4-3-13-38(32(22)40)20-7-5-19(35)6-8-20/h7-15,19,23-24H,2-6,16-18,20-22H2,1H3,(H,43,46);3-13,16-17,41H,14-15,18H2,1-2H3,(H,37,39). The second-order valence-electron chi connectivity index (χ2n) is 23.2. The Morgan fingerprint density at radius 2 is 1.10 bits per heavy atom. The van der Waals surface area contributed by atoms with E-state index < -0.39 is 40.2 Å². The molecule has 3 aliphatic rings. The van der Waals surface area contributed by atoms with Crippen LogP contribution in [-0.2, 0) is 0 Å². The van der Waals surface area contributed by atoms with Gasteiger partial charge >= 0.3 is 0 Å². The summed E-state index contributed by atoms with van der Waals surface area (Å²) in [6.07, 6.45) is 10.9. The Labute approximate surface area is 564 Å². The zero-order chi connectivity index (χ0) is 67.7. The molecule has 0 bridgehead atoms. The molecule has 3 N–H and O–H groups in total. The second-order valence-corrected chi connectivity index (χ2v) is 24.0. The number of amides is 2. The Hall–Kier alpha value is -10.5. The number of nitrogens with one attached hydrogen (secondary N) is 2. The van der Waals surface area contributed by atoms with Crippen LogP contribution in [0.4, 0.5) is 20.2 Å². The molecule has 0 atom stereocenters. The molecule has 0 aliphatic carbocycles. The number of benzene rings is 6. The zero-order valence-electron chi connectivity index (χ0n) is 52.8. The fourth-order valence-electron chi connectivity index (χ4n) is 11.1. The first-order valence-corrected chi connectivity index (χ1v) is 32.0. The van der Waals surface area contributed by atoms with Crippen molar-refractivity contribution < 1.29 is 66.1 Å². The van der Waals surface area contributed by atoms with Crippen LogP contribution in [0.1, 0.15) is 67.2 Å². The van der Waals surface area contributed by atoms with E-state index in [0.29, 0.717) is 124 Å². The first kappa shape index (κ1) is 66.6. The molecule has 4 aromatic heterocycles. The molecule has 0 spiro atoms. The fourth-order valence-corrected chi connectivity index (χ4v) is 11.5. The Morgan fingerprint density at radius 3 is 1.63 bits per heavy atom. The molecule has 1 fully saturated rings. The predicted molar refractivity (Wildman–Crippen MR) is 362 cm³/mol. The number of nitrogens with zero attached hydrogens (tertiary/aromatic N) is 5. The summed E-state index contributed by atoms with van der Waals surface area (Å²) in [6.45, 7) is 10.5. The lowest BCUT2D eigenvalue weighted by Gasteiger charge is -2.26. The first-order valence-electron chi connectivity index (χ1n) is 31.3. The quantitative estimate of drug-likeness (QED) is 0.0602. The third-order valence-electron chi connectivity index (χ3n) is 15.6. The molecule has 3 aliphatic heterocycles. The van der Waals surface area contributed by atoms with Crippen molar-refractivity contribution in [1.29, 1.82) is 0 Å². The maximum atomic E-state index is 13.6. The predicted octanol–water partition coefficient (Wildman–Crippen LogP) is 13.8. The molecular weight excluding hydrogens is 1300 g/mol. The van der Waals surface area contributed by atoms with E-state index in [-0.39, 0.29) is 51.5 Å². The molecule has 10 aromatic rings. The maximum Gasteiger partial charge on any atom is 0.271 e. The van der Waals surface area contributed by atoms with Gasteiger partial charge in [0.05, 0.1) is 62.0 Å². The Balaban J connectivity index is 0.000000187. The van der Waals surface area contributed by atoms with Crippen molar-refractivity contribution in [3.05, 3.63) is 206 Å². The smallest absolute Gasteiger partial charge is 0.271 e. The van der Waals surface area contributed by atoms with Gasteiger partial charge in [-0.05, 0) is 156 Å². The number of likely N-dealkylation sites (tertiary alicyclic amines) is 1. The molecule has 500 valence electrons. The van der Waals surface area contributed by atoms with Crippen LogP contribution in [0, 0.1) is 11.6 Å². The van der Waals surface area contributed by atoms with Crippen LogP contribution in [0.2, 0.25) is 10.0 Å². The van der Waals surface area contributed by atoms with Gasteiger partial charge in [0.25, 0.3) is 22.9 Å². The van der Waals surface area contributed by atoms with Crippen LogP contribution in [0.3, 0.4) is 0 Å². The van der Waals surface area contributed by atoms with E-state index in [0.717, 1.165) is 26.1 Å². The lowest BCUT2D eigenvalue weighted by Crippen LogP contribution is -2.31. The van der Waals surface area contributed by atoms with Gasteiger partial charge in [-0.15, -0.1) is 0 Å². The minimum Gasteiger partial charge on any atom is -0.493 e. The highest BCUT2D eigenvalue weighted by Gasteiger charge is 2.29. The van der Waals surface area contributed by atoms with Crippen molar-refractivity contribution >= 4 is 68.2 Å². The number of hydrogen-bond acceptors (Lipinski definition) is 17. The van der Waals surface area contributed by atoms with Crippen LogP contribution in [0.15, 0.2) is 162 Å². The molecular formula is C72H65Cl2F2N7O14. The number of rotatable bonds is 20. The summed E-state index contributed by atoms with van der Waals surface area (Å²) < 4.78 is 83.5. The lowest BCUT2D eigenvalue weighted by molar-refractivity contribution is 0.0265. The average Bonchev–Trinajstić information content (AvgIpc) is 0.755. The first-order chi connectivity index (χ1) is 47.0. The normalized spacial score (nSPS) is 13.4. The molecule has 0 unspecified atom stereocenters. The van der Waals surface area contributed by atoms with Crippen molar-refractivity contribution in [2.24, 2.45) is 0 Å². The number of aromatic nitrogens is 4. The Kier molecular flexibility index (Phi) is 20.4. The number of aliphatic hydroxyl groups is 1. The van der Waals surface area contributed by atoms with E-state index in [9.17, 15) is 33.1 Å². The molecule has 0 saturated carbocycles. The number of hydrogen-bond donors (Lipinski definition) is 3. The summed E-state index contributed by atoms with van der Waals surface area (Å²) in [5, 5.41) is 17.0. The zero-order valence-corrected chi connectivity index (χ0v) is 54.3. The Bertz CT molecular complexity index is 4700. The number of pyridine rings is 4. The molecule has 2 amide bonds. The molecule has 25 heteroatoms. The average molecular weight is 1360 g/mol. The molecule has 21 nitrogen and oxygen atoms in total. The molecule has 1 saturated heterocycles. The van der Waals surface area contributed by atoms with E-state index in [4.69, 9.17) is 65.8 Å². The van der Waals surface area contributed by atoms with Crippen molar-refractivity contribution in [3.8, 4) is 74.6 Å². The molecule has 6 aromatic carbocycles. The minimum atomic E-state index is -1.06.